The molecule has 3 aromatic rings. The number of alkyl halides is 3. The lowest BCUT2D eigenvalue weighted by Crippen LogP contribution is -2.48. The fourth-order valence-electron chi connectivity index (χ4n) is 4.28. The van der Waals surface area contributed by atoms with E-state index in [1.165, 1.54) is 46.3 Å². The Balaban J connectivity index is 2.18. The monoisotopic (exact) mass is 528 g/mol. The summed E-state index contributed by atoms with van der Waals surface area (Å²) in [5, 5.41) is 0.327. The first kappa shape index (κ1) is 27.3. The van der Waals surface area contributed by atoms with Gasteiger partial charge in [-0.3, -0.25) is 0 Å². The number of benzene rings is 2. The Morgan fingerprint density at radius 3 is 2.11 bits per heavy atom. The average Bonchev–Trinajstić information content (AvgIpc) is 3.14. The van der Waals surface area contributed by atoms with Gasteiger partial charge in [0, 0.05) is 24.1 Å². The third kappa shape index (κ3) is 5.29. The Morgan fingerprint density at radius 1 is 1.00 bits per heavy atom. The molecule has 0 amide bonds. The zero-order chi connectivity index (χ0) is 27.0. The van der Waals surface area contributed by atoms with Gasteiger partial charge in [0.05, 0.1) is 31.7 Å². The molecule has 0 spiro atoms. The van der Waals surface area contributed by atoms with Gasteiger partial charge in [-0.2, -0.15) is 17.9 Å². The molecule has 0 aliphatic rings. The van der Waals surface area contributed by atoms with E-state index in [-0.39, 0.29) is 27.6 Å². The van der Waals surface area contributed by atoms with Crippen molar-refractivity contribution in [1.82, 2.24) is 9.29 Å². The minimum Gasteiger partial charge on any atom is -0.497 e. The zero-order valence-corrected chi connectivity index (χ0v) is 21.4. The number of aromatic nitrogens is 1. The van der Waals surface area contributed by atoms with E-state index in [4.69, 9.17) is 14.2 Å². The summed E-state index contributed by atoms with van der Waals surface area (Å²) >= 11 is 0. The van der Waals surface area contributed by atoms with Gasteiger partial charge in [-0.15, -0.1) is 0 Å². The van der Waals surface area contributed by atoms with Gasteiger partial charge in [-0.05, 0) is 38.0 Å². The number of hydrogen-bond acceptors (Lipinski definition) is 6. The fourth-order valence-corrected chi connectivity index (χ4v) is 5.95. The maximum atomic E-state index is 14.2. The number of fused-ring (bicyclic) bond motifs is 1. The molecule has 8 nitrogen and oxygen atoms in total. The molecule has 0 fully saturated rings. The highest BCUT2D eigenvalue weighted by atomic mass is 32.2. The molecule has 3 rings (SSSR count). The Kier molecular flexibility index (Phi) is 7.61. The third-order valence-electron chi connectivity index (χ3n) is 5.74. The fraction of sp³-hybridized carbons (Fsp3) is 0.375. The molecule has 0 bridgehead atoms. The Labute approximate surface area is 207 Å². The molecule has 1 N–H and O–H groups in total. The number of ether oxygens (including phenoxy) is 3. The highest BCUT2D eigenvalue weighted by Gasteiger charge is 2.44. The second kappa shape index (κ2) is 10.0. The lowest BCUT2D eigenvalue weighted by molar-refractivity contribution is -0.154. The van der Waals surface area contributed by atoms with Crippen molar-refractivity contribution in [3.05, 3.63) is 52.7 Å². The third-order valence-corrected chi connectivity index (χ3v) is 7.51. The van der Waals surface area contributed by atoms with E-state index in [0.29, 0.717) is 16.5 Å². The molecule has 12 heteroatoms. The number of carbonyl (C=O) groups is 1. The number of sulfonamides is 1. The van der Waals surface area contributed by atoms with Crippen molar-refractivity contribution in [2.75, 3.05) is 21.3 Å². The summed E-state index contributed by atoms with van der Waals surface area (Å²) in [6.07, 6.45) is -4.99. The van der Waals surface area contributed by atoms with Crippen LogP contribution in [0.25, 0.3) is 10.9 Å². The highest BCUT2D eigenvalue weighted by molar-refractivity contribution is 7.89. The van der Waals surface area contributed by atoms with Crippen molar-refractivity contribution < 1.29 is 40.6 Å². The summed E-state index contributed by atoms with van der Waals surface area (Å²) in [5.74, 6) is -0.380. The summed E-state index contributed by atoms with van der Waals surface area (Å²) in [6.45, 7) is 3.85. The maximum Gasteiger partial charge on any atom is 0.406 e. The summed E-state index contributed by atoms with van der Waals surface area (Å²) in [5.41, 5.74) is 1.37. The van der Waals surface area contributed by atoms with Crippen LogP contribution in [0, 0.1) is 20.8 Å². The number of nitrogens with zero attached hydrogens (tertiary/aromatic N) is 1. The van der Waals surface area contributed by atoms with Gasteiger partial charge in [0.1, 0.15) is 23.2 Å². The van der Waals surface area contributed by atoms with Crippen molar-refractivity contribution in [1.29, 1.82) is 0 Å². The SMILES string of the molecule is COC(=O)c1cc2c(OC)cc(OC)cc2n1CC(NS(=O)(=O)c1c(C)cc(C)cc1C)C(F)(F)F. The van der Waals surface area contributed by atoms with Gasteiger partial charge in [-0.25, -0.2) is 13.2 Å². The van der Waals surface area contributed by atoms with Crippen LogP contribution in [0.15, 0.2) is 35.2 Å². The Hall–Kier alpha value is -3.25. The van der Waals surface area contributed by atoms with Crippen molar-refractivity contribution in [2.24, 2.45) is 0 Å². The highest BCUT2D eigenvalue weighted by Crippen LogP contribution is 2.35. The predicted molar refractivity (Wildman–Crippen MR) is 127 cm³/mol. The van der Waals surface area contributed by atoms with E-state index in [1.807, 2.05) is 0 Å². The van der Waals surface area contributed by atoms with E-state index >= 15 is 0 Å². The zero-order valence-electron chi connectivity index (χ0n) is 20.6. The number of aryl methyl sites for hydroxylation is 3. The van der Waals surface area contributed by atoms with Crippen molar-refractivity contribution in [3.8, 4) is 11.5 Å². The topological polar surface area (TPSA) is 95.9 Å². The molecular formula is C24H27F3N2O6S. The largest absolute Gasteiger partial charge is 0.497 e. The first-order chi connectivity index (χ1) is 16.7. The predicted octanol–water partition coefficient (Wildman–Crippen LogP) is 4.28. The van der Waals surface area contributed by atoms with Gasteiger partial charge < -0.3 is 18.8 Å². The number of rotatable bonds is 8. The van der Waals surface area contributed by atoms with Crippen molar-refractivity contribution in [3.63, 3.8) is 0 Å². The van der Waals surface area contributed by atoms with E-state index in [0.717, 1.165) is 17.2 Å². The number of esters is 1. The van der Waals surface area contributed by atoms with Crippen molar-refractivity contribution >= 4 is 26.9 Å². The van der Waals surface area contributed by atoms with Crippen LogP contribution in [0.3, 0.4) is 0 Å². The van der Waals surface area contributed by atoms with Crippen LogP contribution in [0.4, 0.5) is 13.2 Å². The van der Waals surface area contributed by atoms with Crippen molar-refractivity contribution in [2.45, 2.75) is 44.4 Å². The van der Waals surface area contributed by atoms with Gasteiger partial charge in [-0.1, -0.05) is 17.7 Å². The number of hydrogen-bond donors (Lipinski definition) is 1. The molecule has 36 heavy (non-hydrogen) atoms. The smallest absolute Gasteiger partial charge is 0.406 e. The first-order valence-corrected chi connectivity index (χ1v) is 12.2. The van der Waals surface area contributed by atoms with Crippen LogP contribution in [0.2, 0.25) is 0 Å². The molecule has 0 aliphatic carbocycles. The van der Waals surface area contributed by atoms with E-state index in [9.17, 15) is 26.4 Å². The van der Waals surface area contributed by atoms with E-state index in [2.05, 4.69) is 0 Å². The normalized spacial score (nSPS) is 13.0. The lowest BCUT2D eigenvalue weighted by atomic mass is 10.1. The van der Waals surface area contributed by atoms with Gasteiger partial charge in [0.25, 0.3) is 0 Å². The number of carbonyl (C=O) groups excluding carboxylic acids is 1. The van der Waals surface area contributed by atoms with E-state index in [1.54, 1.807) is 23.8 Å². The minimum atomic E-state index is -4.99. The van der Waals surface area contributed by atoms with Gasteiger partial charge >= 0.3 is 12.1 Å². The standard InChI is InChI=1S/C24H27F3N2O6S/c1-13-7-14(2)22(15(3)8-13)36(31,32)28-21(24(25,26)27)12-29-18-9-16(33-4)10-20(34-5)17(18)11-19(29)23(30)35-6/h7-11,21,28H,12H2,1-6H3. The molecule has 0 aliphatic heterocycles. The maximum absolute atomic E-state index is 14.2. The van der Waals surface area contributed by atoms with Gasteiger partial charge in [0.15, 0.2) is 0 Å². The van der Waals surface area contributed by atoms with Crippen LogP contribution in [-0.2, 0) is 21.3 Å². The van der Waals surface area contributed by atoms with Crippen LogP contribution < -0.4 is 14.2 Å². The Morgan fingerprint density at radius 2 is 1.61 bits per heavy atom. The number of methoxy groups -OCH3 is 3. The van der Waals surface area contributed by atoms with Crippen LogP contribution in [0.1, 0.15) is 27.2 Å². The van der Waals surface area contributed by atoms with Crippen LogP contribution in [-0.4, -0.2) is 52.5 Å². The summed E-state index contributed by atoms with van der Waals surface area (Å²) in [6, 6.07) is 4.87. The molecular weight excluding hydrogens is 501 g/mol. The Bertz CT molecular complexity index is 1390. The minimum absolute atomic E-state index is 0.169. The second-order valence-corrected chi connectivity index (χ2v) is 9.99. The van der Waals surface area contributed by atoms with Gasteiger partial charge in [0.2, 0.25) is 10.0 Å². The quantitative estimate of drug-likeness (QED) is 0.439. The van der Waals surface area contributed by atoms with Crippen LogP contribution >= 0.6 is 0 Å². The van der Waals surface area contributed by atoms with Crippen LogP contribution in [0.5, 0.6) is 11.5 Å². The molecule has 1 aromatic heterocycles. The summed E-state index contributed by atoms with van der Waals surface area (Å²) < 4.78 is 87.1. The first-order valence-electron chi connectivity index (χ1n) is 10.7. The number of halogens is 3. The molecule has 196 valence electrons. The average molecular weight is 529 g/mol. The molecule has 1 atom stereocenters. The molecule has 1 unspecified atom stereocenters. The summed E-state index contributed by atoms with van der Waals surface area (Å²) in [7, 11) is -0.766. The summed E-state index contributed by atoms with van der Waals surface area (Å²) in [4.78, 5) is 12.3. The molecule has 0 radical (unpaired) electrons. The lowest BCUT2D eigenvalue weighted by Gasteiger charge is -2.24. The van der Waals surface area contributed by atoms with E-state index < -0.39 is 34.8 Å². The molecule has 1 heterocycles. The number of nitrogens with one attached hydrogen (secondary N) is 1. The molecule has 2 aromatic carbocycles. The second-order valence-electron chi connectivity index (χ2n) is 8.34. The molecule has 0 saturated carbocycles. The molecule has 0 saturated heterocycles.